The smallest absolute Gasteiger partial charge is 0.315 e. The van der Waals surface area contributed by atoms with Gasteiger partial charge in [-0.15, -0.1) is 0 Å². The molecule has 0 bridgehead atoms. The normalized spacial score (nSPS) is 25.2. The molecule has 5 aliphatic rings. The lowest BCUT2D eigenvalue weighted by Crippen LogP contribution is -2.64. The van der Waals surface area contributed by atoms with Gasteiger partial charge in [-0.05, 0) is 94.8 Å². The molecule has 1 saturated heterocycles. The number of likely N-dealkylation sites (tertiary alicyclic amines) is 1. The number of amides is 5. The number of carbonyl (C=O) groups excluding carboxylic acids is 5. The molecule has 306 valence electrons. The van der Waals surface area contributed by atoms with Crippen molar-refractivity contribution in [3.63, 3.8) is 0 Å². The molecule has 14 heteroatoms. The van der Waals surface area contributed by atoms with Crippen molar-refractivity contribution in [3.05, 3.63) is 0 Å². The number of nitrogens with zero attached hydrogens (tertiary/aromatic N) is 2. The first-order valence-corrected chi connectivity index (χ1v) is 22.6. The van der Waals surface area contributed by atoms with Gasteiger partial charge in [0.05, 0.1) is 17.3 Å². The van der Waals surface area contributed by atoms with Crippen LogP contribution in [0.15, 0.2) is 0 Å². The molecule has 4 saturated carbocycles. The summed E-state index contributed by atoms with van der Waals surface area (Å²) in [7, 11) is -2.13. The molecule has 0 unspecified atom stereocenters. The van der Waals surface area contributed by atoms with Crippen LogP contribution in [-0.4, -0.2) is 102 Å². The van der Waals surface area contributed by atoms with E-state index in [0.717, 1.165) is 70.6 Å². The van der Waals surface area contributed by atoms with Crippen LogP contribution in [0, 0.1) is 23.2 Å². The minimum absolute atomic E-state index is 0.0102. The third kappa shape index (κ3) is 10.6. The van der Waals surface area contributed by atoms with Gasteiger partial charge < -0.3 is 26.2 Å². The third-order valence-electron chi connectivity index (χ3n) is 13.2. The van der Waals surface area contributed by atoms with Crippen molar-refractivity contribution in [2.75, 3.05) is 19.3 Å². The Bertz CT molecular complexity index is 1480. The van der Waals surface area contributed by atoms with E-state index in [1.54, 1.807) is 11.9 Å². The zero-order valence-corrected chi connectivity index (χ0v) is 34.5. The van der Waals surface area contributed by atoms with E-state index in [1.165, 1.54) is 4.31 Å². The number of carbonyl (C=O) groups is 5. The molecule has 54 heavy (non-hydrogen) atoms. The Kier molecular flexibility index (Phi) is 13.8. The van der Waals surface area contributed by atoms with E-state index >= 15 is 0 Å². The van der Waals surface area contributed by atoms with Gasteiger partial charge in [0.2, 0.25) is 27.6 Å². The second-order valence-electron chi connectivity index (χ2n) is 18.3. The zero-order valence-electron chi connectivity index (χ0n) is 33.7. The highest BCUT2D eigenvalue weighted by Gasteiger charge is 2.50. The monoisotopic (exact) mass is 776 g/mol. The van der Waals surface area contributed by atoms with Gasteiger partial charge in [0.25, 0.3) is 5.91 Å². The maximum atomic E-state index is 15.0. The molecule has 1 heterocycles. The van der Waals surface area contributed by atoms with E-state index in [4.69, 9.17) is 0 Å². The van der Waals surface area contributed by atoms with Gasteiger partial charge in [-0.3, -0.25) is 19.2 Å². The summed E-state index contributed by atoms with van der Waals surface area (Å²) >= 11 is 0. The molecule has 4 atom stereocenters. The summed E-state index contributed by atoms with van der Waals surface area (Å²) in [5, 5.41) is 11.9. The molecule has 5 fully saturated rings. The van der Waals surface area contributed by atoms with Crippen LogP contribution < -0.4 is 21.3 Å². The van der Waals surface area contributed by atoms with Crippen molar-refractivity contribution in [1.82, 2.24) is 30.5 Å². The summed E-state index contributed by atoms with van der Waals surface area (Å²) < 4.78 is 28.4. The quantitative estimate of drug-likeness (QED) is 0.159. The molecule has 13 nitrogen and oxygen atoms in total. The van der Waals surface area contributed by atoms with Crippen molar-refractivity contribution in [3.8, 4) is 0 Å². The maximum Gasteiger partial charge on any atom is 0.315 e. The first kappa shape index (κ1) is 42.4. The molecule has 5 rings (SSSR count). The van der Waals surface area contributed by atoms with Crippen molar-refractivity contribution < 1.29 is 32.4 Å². The third-order valence-corrected chi connectivity index (χ3v) is 15.4. The first-order valence-electron chi connectivity index (χ1n) is 21.0. The molecule has 4 aliphatic carbocycles. The predicted molar refractivity (Wildman–Crippen MR) is 208 cm³/mol. The van der Waals surface area contributed by atoms with Crippen molar-refractivity contribution in [1.29, 1.82) is 0 Å². The topological polar surface area (TPSA) is 174 Å². The van der Waals surface area contributed by atoms with E-state index in [2.05, 4.69) is 21.3 Å². The van der Waals surface area contributed by atoms with Crippen LogP contribution in [0.5, 0.6) is 0 Å². The zero-order chi connectivity index (χ0) is 39.4. The average molecular weight is 777 g/mol. The molecule has 0 aromatic carbocycles. The van der Waals surface area contributed by atoms with Gasteiger partial charge in [0, 0.05) is 25.7 Å². The Hall–Kier alpha value is -2.74. The van der Waals surface area contributed by atoms with E-state index in [9.17, 15) is 32.4 Å². The molecule has 0 aromatic rings. The van der Waals surface area contributed by atoms with Crippen LogP contribution in [0.2, 0.25) is 0 Å². The van der Waals surface area contributed by atoms with Gasteiger partial charge >= 0.3 is 6.03 Å². The Morgan fingerprint density at radius 2 is 1.44 bits per heavy atom. The largest absolute Gasteiger partial charge is 0.347 e. The van der Waals surface area contributed by atoms with Crippen molar-refractivity contribution >= 4 is 39.6 Å². The molecule has 0 aromatic heterocycles. The summed E-state index contributed by atoms with van der Waals surface area (Å²) in [6.45, 7) is 10.0. The number of hydrogen-bond acceptors (Lipinski definition) is 7. The standard InChI is InChI=1S/C40H68N6O7S/c1-26(2)30-19-24-46(32(30)35(48)42-31(18-15-28-13-14-28)33(47)36(49)41-29-16-17-29)37(50)34(39(5)20-9-7-10-21-39)43-38(51)44-40(22-11-8-12-23-40)25-54(52,53)45(6)27(3)4/h26-32,34H,7-25H2,1-6H3,(H,41,49)(H,42,48)(H2,43,44,51)/t30-,31+,32+,34-/m1/s1. The highest BCUT2D eigenvalue weighted by atomic mass is 32.2. The minimum Gasteiger partial charge on any atom is -0.347 e. The van der Waals surface area contributed by atoms with E-state index in [-0.39, 0.29) is 35.6 Å². The maximum absolute atomic E-state index is 15.0. The van der Waals surface area contributed by atoms with Gasteiger partial charge in [-0.25, -0.2) is 17.5 Å². The highest BCUT2D eigenvalue weighted by molar-refractivity contribution is 7.89. The van der Waals surface area contributed by atoms with Crippen LogP contribution in [0.4, 0.5) is 4.79 Å². The van der Waals surface area contributed by atoms with Gasteiger partial charge in [-0.2, -0.15) is 0 Å². The molecule has 5 amide bonds. The second-order valence-corrected chi connectivity index (χ2v) is 20.3. The summed E-state index contributed by atoms with van der Waals surface area (Å²) in [5.74, 6) is -1.95. The van der Waals surface area contributed by atoms with E-state index in [1.807, 2.05) is 34.6 Å². The Balaban J connectivity index is 1.38. The van der Waals surface area contributed by atoms with Crippen LogP contribution in [-0.2, 0) is 29.2 Å². The summed E-state index contributed by atoms with van der Waals surface area (Å²) in [6, 6.07) is -3.60. The number of sulfonamides is 1. The lowest BCUT2D eigenvalue weighted by molar-refractivity contribution is -0.145. The average Bonchev–Trinajstić information content (AvgIpc) is 4.06. The molecular weight excluding hydrogens is 709 g/mol. The fourth-order valence-electron chi connectivity index (χ4n) is 9.14. The molecule has 0 radical (unpaired) electrons. The summed E-state index contributed by atoms with van der Waals surface area (Å²) in [5.41, 5.74) is -1.56. The number of ketones is 1. The van der Waals surface area contributed by atoms with Gasteiger partial charge in [0.15, 0.2) is 0 Å². The lowest BCUT2D eigenvalue weighted by atomic mass is 9.70. The predicted octanol–water partition coefficient (Wildman–Crippen LogP) is 4.39. The van der Waals surface area contributed by atoms with Gasteiger partial charge in [0.1, 0.15) is 12.1 Å². The second kappa shape index (κ2) is 17.6. The van der Waals surface area contributed by atoms with Crippen LogP contribution in [0.25, 0.3) is 0 Å². The molecule has 0 spiro atoms. The fraction of sp³-hybridized carbons (Fsp3) is 0.875. The minimum atomic E-state index is -3.69. The SMILES string of the molecule is CC(C)[C@H]1CCN(C(=O)[C@@H](NC(=O)NC2(CS(=O)(=O)N(C)C(C)C)CCCCC2)C2(C)CCCCC2)[C@@H]1C(=O)N[C@@H](CCC1CC1)C(=O)C(=O)NC1CC1. The van der Waals surface area contributed by atoms with Gasteiger partial charge in [-0.1, -0.05) is 72.1 Å². The fourth-order valence-corrected chi connectivity index (χ4v) is 11.0. The Morgan fingerprint density at radius 3 is 2.00 bits per heavy atom. The summed E-state index contributed by atoms with van der Waals surface area (Å²) in [4.78, 5) is 71.5. The summed E-state index contributed by atoms with van der Waals surface area (Å²) in [6.07, 6.45) is 13.4. The van der Waals surface area contributed by atoms with Crippen LogP contribution in [0.1, 0.15) is 144 Å². The van der Waals surface area contributed by atoms with Crippen LogP contribution in [0.3, 0.4) is 0 Å². The Morgan fingerprint density at radius 1 is 0.833 bits per heavy atom. The molecular formula is C40H68N6O7S. The van der Waals surface area contributed by atoms with Crippen molar-refractivity contribution in [2.24, 2.45) is 23.2 Å². The van der Waals surface area contributed by atoms with E-state index in [0.29, 0.717) is 51.0 Å². The number of rotatable bonds is 17. The first-order chi connectivity index (χ1) is 25.4. The van der Waals surface area contributed by atoms with Crippen LogP contribution >= 0.6 is 0 Å². The number of urea groups is 1. The van der Waals surface area contributed by atoms with Crippen molar-refractivity contribution in [2.45, 2.75) is 180 Å². The number of hydrogen-bond donors (Lipinski definition) is 4. The van der Waals surface area contributed by atoms with E-state index < -0.39 is 62.7 Å². The molecule has 4 N–H and O–H groups in total. The number of Topliss-reactive ketones (excluding diaryl/α,β-unsaturated/α-hetero) is 1. The highest BCUT2D eigenvalue weighted by Crippen LogP contribution is 2.42. The molecule has 1 aliphatic heterocycles. The lowest BCUT2D eigenvalue weighted by Gasteiger charge is -2.44. The number of nitrogens with one attached hydrogen (secondary N) is 4. The Labute approximate surface area is 323 Å².